The van der Waals surface area contributed by atoms with Gasteiger partial charge in [-0.2, -0.15) is 0 Å². The molecule has 5 nitrogen and oxygen atoms in total. The van der Waals surface area contributed by atoms with E-state index in [1.165, 1.54) is 19.3 Å². The number of nitrogens with one attached hydrogen (secondary N) is 3. The molecule has 1 saturated carbocycles. The number of sulfonamides is 1. The van der Waals surface area contributed by atoms with Gasteiger partial charge in [0.25, 0.3) is 10.0 Å². The maximum absolute atomic E-state index is 12.6. The summed E-state index contributed by atoms with van der Waals surface area (Å²) >= 11 is 5.42. The van der Waals surface area contributed by atoms with Crippen molar-refractivity contribution in [3.05, 3.63) is 54.6 Å². The van der Waals surface area contributed by atoms with Gasteiger partial charge in [0, 0.05) is 17.4 Å². The minimum Gasteiger partial charge on any atom is -0.359 e. The third-order valence-electron chi connectivity index (χ3n) is 4.86. The first kappa shape index (κ1) is 19.6. The molecular formula is C20H25N3O2S2. The van der Waals surface area contributed by atoms with Crippen LogP contribution in [-0.2, 0) is 10.0 Å². The zero-order valence-corrected chi connectivity index (χ0v) is 16.9. The van der Waals surface area contributed by atoms with Crippen LogP contribution in [0.1, 0.15) is 32.6 Å². The van der Waals surface area contributed by atoms with Gasteiger partial charge >= 0.3 is 0 Å². The Balaban J connectivity index is 1.67. The van der Waals surface area contributed by atoms with Gasteiger partial charge in [-0.15, -0.1) is 0 Å². The number of thiocarbonyl (C=S) groups is 1. The second-order valence-corrected chi connectivity index (χ2v) is 9.06. The SMILES string of the molecule is CC1CCCCC1NC(=S)Nc1cccc(S(=O)(=O)Nc2ccccc2)c1. The normalized spacial score (nSPS) is 19.9. The maximum Gasteiger partial charge on any atom is 0.261 e. The van der Waals surface area contributed by atoms with Gasteiger partial charge in [-0.1, -0.05) is 44.0 Å². The molecule has 2 aromatic rings. The average Bonchev–Trinajstić information content (AvgIpc) is 2.64. The molecule has 0 aliphatic heterocycles. The van der Waals surface area contributed by atoms with E-state index in [1.54, 1.807) is 48.5 Å². The van der Waals surface area contributed by atoms with Crippen LogP contribution < -0.4 is 15.4 Å². The predicted molar refractivity (Wildman–Crippen MR) is 114 cm³/mol. The highest BCUT2D eigenvalue weighted by molar-refractivity contribution is 7.92. The Morgan fingerprint density at radius 1 is 1.00 bits per heavy atom. The monoisotopic (exact) mass is 403 g/mol. The van der Waals surface area contributed by atoms with Crippen LogP contribution in [0.3, 0.4) is 0 Å². The van der Waals surface area contributed by atoms with E-state index in [1.807, 2.05) is 6.07 Å². The summed E-state index contributed by atoms with van der Waals surface area (Å²) in [7, 11) is -3.66. The Hall–Kier alpha value is -2.12. The third-order valence-corrected chi connectivity index (χ3v) is 6.46. The Morgan fingerprint density at radius 2 is 1.70 bits per heavy atom. The fourth-order valence-electron chi connectivity index (χ4n) is 3.33. The molecule has 27 heavy (non-hydrogen) atoms. The van der Waals surface area contributed by atoms with Crippen molar-refractivity contribution in [3.8, 4) is 0 Å². The molecule has 0 saturated heterocycles. The van der Waals surface area contributed by atoms with Gasteiger partial charge in [0.1, 0.15) is 0 Å². The lowest BCUT2D eigenvalue weighted by molar-refractivity contribution is 0.309. The van der Waals surface area contributed by atoms with Crippen molar-refractivity contribution in [2.45, 2.75) is 43.5 Å². The van der Waals surface area contributed by atoms with E-state index in [0.717, 1.165) is 6.42 Å². The van der Waals surface area contributed by atoms with E-state index in [4.69, 9.17) is 12.2 Å². The second-order valence-electron chi connectivity index (χ2n) is 6.97. The lowest BCUT2D eigenvalue weighted by atomic mass is 9.86. The van der Waals surface area contributed by atoms with Crippen molar-refractivity contribution in [1.82, 2.24) is 5.32 Å². The van der Waals surface area contributed by atoms with Crippen molar-refractivity contribution in [1.29, 1.82) is 0 Å². The molecule has 0 bridgehead atoms. The number of hydrogen-bond acceptors (Lipinski definition) is 3. The minimum absolute atomic E-state index is 0.185. The molecule has 0 spiro atoms. The highest BCUT2D eigenvalue weighted by atomic mass is 32.2. The van der Waals surface area contributed by atoms with Gasteiger partial charge in [-0.3, -0.25) is 4.72 Å². The molecule has 2 unspecified atom stereocenters. The lowest BCUT2D eigenvalue weighted by Gasteiger charge is -2.30. The van der Waals surface area contributed by atoms with Gasteiger partial charge in [0.2, 0.25) is 0 Å². The van der Waals surface area contributed by atoms with Crippen molar-refractivity contribution < 1.29 is 8.42 Å². The van der Waals surface area contributed by atoms with Crippen LogP contribution in [0.4, 0.5) is 11.4 Å². The molecular weight excluding hydrogens is 378 g/mol. The first-order valence-corrected chi connectivity index (χ1v) is 11.1. The van der Waals surface area contributed by atoms with E-state index in [0.29, 0.717) is 28.4 Å². The van der Waals surface area contributed by atoms with E-state index in [9.17, 15) is 8.42 Å². The molecule has 1 aliphatic rings. The number of anilines is 2. The molecule has 0 heterocycles. The summed E-state index contributed by atoms with van der Waals surface area (Å²) in [6, 6.07) is 15.9. The van der Waals surface area contributed by atoms with Crippen LogP contribution in [0, 0.1) is 5.92 Å². The largest absolute Gasteiger partial charge is 0.359 e. The van der Waals surface area contributed by atoms with Crippen molar-refractivity contribution >= 4 is 38.7 Å². The predicted octanol–water partition coefficient (Wildman–Crippen LogP) is 4.35. The van der Waals surface area contributed by atoms with Gasteiger partial charge in [-0.05, 0) is 61.3 Å². The number of benzene rings is 2. The van der Waals surface area contributed by atoms with E-state index in [2.05, 4.69) is 22.3 Å². The van der Waals surface area contributed by atoms with E-state index >= 15 is 0 Å². The van der Waals surface area contributed by atoms with Crippen LogP contribution >= 0.6 is 12.2 Å². The third kappa shape index (κ3) is 5.43. The Kier molecular flexibility index (Phi) is 6.34. The zero-order chi connectivity index (χ0) is 19.3. The summed E-state index contributed by atoms with van der Waals surface area (Å²) in [5.74, 6) is 0.584. The fraction of sp³-hybridized carbons (Fsp3) is 0.350. The van der Waals surface area contributed by atoms with Crippen LogP contribution in [0.25, 0.3) is 0 Å². The summed E-state index contributed by atoms with van der Waals surface area (Å²) in [5, 5.41) is 7.01. The number of hydrogen-bond donors (Lipinski definition) is 3. The molecule has 3 N–H and O–H groups in total. The smallest absolute Gasteiger partial charge is 0.261 e. The summed E-state index contributed by atoms with van der Waals surface area (Å²) in [4.78, 5) is 0.185. The first-order valence-electron chi connectivity index (χ1n) is 9.19. The van der Waals surface area contributed by atoms with Gasteiger partial charge in [0.05, 0.1) is 4.90 Å². The Bertz CT molecular complexity index is 885. The van der Waals surface area contributed by atoms with Crippen LogP contribution in [0.2, 0.25) is 0 Å². The maximum atomic E-state index is 12.6. The van der Waals surface area contributed by atoms with Gasteiger partial charge in [-0.25, -0.2) is 8.42 Å². The summed E-state index contributed by atoms with van der Waals surface area (Å²) in [6.45, 7) is 2.24. The van der Waals surface area contributed by atoms with E-state index in [-0.39, 0.29) is 4.90 Å². The number of rotatable bonds is 5. The summed E-state index contributed by atoms with van der Waals surface area (Å²) in [5.41, 5.74) is 1.17. The fourth-order valence-corrected chi connectivity index (χ4v) is 4.70. The molecule has 3 rings (SSSR count). The van der Waals surface area contributed by atoms with Gasteiger partial charge < -0.3 is 10.6 Å². The summed E-state index contributed by atoms with van der Waals surface area (Å²) in [6.07, 6.45) is 4.80. The Labute approximate surface area is 166 Å². The van der Waals surface area contributed by atoms with Crippen LogP contribution in [-0.4, -0.2) is 19.6 Å². The molecule has 7 heteroatoms. The molecule has 2 aromatic carbocycles. The molecule has 0 amide bonds. The van der Waals surface area contributed by atoms with E-state index < -0.39 is 10.0 Å². The lowest BCUT2D eigenvalue weighted by Crippen LogP contribution is -2.43. The highest BCUT2D eigenvalue weighted by Crippen LogP contribution is 2.24. The van der Waals surface area contributed by atoms with Crippen molar-refractivity contribution in [3.63, 3.8) is 0 Å². The second kappa shape index (κ2) is 8.71. The molecule has 1 fully saturated rings. The average molecular weight is 404 g/mol. The zero-order valence-electron chi connectivity index (χ0n) is 15.3. The highest BCUT2D eigenvalue weighted by Gasteiger charge is 2.22. The first-order chi connectivity index (χ1) is 12.9. The quantitative estimate of drug-likeness (QED) is 0.648. The standard InChI is InChI=1S/C20H25N3O2S2/c1-15-8-5-6-13-19(15)22-20(26)21-17-11-7-12-18(14-17)27(24,25)23-16-9-3-2-4-10-16/h2-4,7,9-12,14-15,19,23H,5-6,8,13H2,1H3,(H2,21,22,26). The van der Waals surface area contributed by atoms with Crippen LogP contribution in [0.5, 0.6) is 0 Å². The molecule has 0 aromatic heterocycles. The minimum atomic E-state index is -3.66. The van der Waals surface area contributed by atoms with Crippen LogP contribution in [0.15, 0.2) is 59.5 Å². The molecule has 144 valence electrons. The topological polar surface area (TPSA) is 70.2 Å². The van der Waals surface area contributed by atoms with Crippen molar-refractivity contribution in [2.75, 3.05) is 10.0 Å². The molecule has 2 atom stereocenters. The molecule has 0 radical (unpaired) electrons. The molecule has 1 aliphatic carbocycles. The van der Waals surface area contributed by atoms with Gasteiger partial charge in [0.15, 0.2) is 5.11 Å². The Morgan fingerprint density at radius 3 is 2.44 bits per heavy atom. The number of para-hydroxylation sites is 1. The van der Waals surface area contributed by atoms with Crippen molar-refractivity contribution in [2.24, 2.45) is 5.92 Å². The summed E-state index contributed by atoms with van der Waals surface area (Å²) < 4.78 is 27.8.